The highest BCUT2D eigenvalue weighted by Crippen LogP contribution is 2.21. The summed E-state index contributed by atoms with van der Waals surface area (Å²) in [5, 5.41) is 8.77. The Morgan fingerprint density at radius 3 is 3.07 bits per heavy atom. The van der Waals surface area contributed by atoms with Crippen LogP contribution in [-0.4, -0.2) is 34.8 Å². The standard InChI is InChI=1S/C10H18O3S/c1-8(7-10(11)12)14-6-4-9-3-2-5-13-9/h8-9H,2-7H2,1H3,(H,11,12). The van der Waals surface area contributed by atoms with Gasteiger partial charge in [-0.05, 0) is 25.0 Å². The Hall–Kier alpha value is -0.220. The maximum Gasteiger partial charge on any atom is 0.304 e. The molecule has 1 fully saturated rings. The predicted molar refractivity (Wildman–Crippen MR) is 57.8 cm³/mol. The zero-order valence-corrected chi connectivity index (χ0v) is 9.39. The van der Waals surface area contributed by atoms with Crippen LogP contribution in [0.3, 0.4) is 0 Å². The van der Waals surface area contributed by atoms with Crippen molar-refractivity contribution in [2.75, 3.05) is 12.4 Å². The van der Waals surface area contributed by atoms with Gasteiger partial charge in [0.05, 0.1) is 12.5 Å². The fraction of sp³-hybridized carbons (Fsp3) is 0.900. The molecule has 0 saturated carbocycles. The first-order valence-electron chi connectivity index (χ1n) is 5.13. The Morgan fingerprint density at radius 2 is 2.50 bits per heavy atom. The molecule has 82 valence electrons. The minimum absolute atomic E-state index is 0.217. The summed E-state index contributed by atoms with van der Waals surface area (Å²) in [4.78, 5) is 10.4. The fourth-order valence-electron chi connectivity index (χ4n) is 1.58. The fourth-order valence-corrected chi connectivity index (χ4v) is 2.64. The molecule has 14 heavy (non-hydrogen) atoms. The Labute approximate surface area is 89.2 Å². The summed E-state index contributed by atoms with van der Waals surface area (Å²) in [6.45, 7) is 2.87. The molecule has 0 amide bonds. The van der Waals surface area contributed by atoms with Crippen LogP contribution in [0.15, 0.2) is 0 Å². The number of carbonyl (C=O) groups is 1. The monoisotopic (exact) mass is 218 g/mol. The van der Waals surface area contributed by atoms with Crippen molar-refractivity contribution in [3.05, 3.63) is 0 Å². The molecule has 3 nitrogen and oxygen atoms in total. The molecule has 0 aromatic heterocycles. The van der Waals surface area contributed by atoms with E-state index in [-0.39, 0.29) is 11.7 Å². The lowest BCUT2D eigenvalue weighted by molar-refractivity contribution is -0.136. The van der Waals surface area contributed by atoms with Gasteiger partial charge in [0.2, 0.25) is 0 Å². The van der Waals surface area contributed by atoms with Crippen LogP contribution in [0.4, 0.5) is 0 Å². The molecule has 1 saturated heterocycles. The SMILES string of the molecule is CC(CC(=O)O)SCCC1CCCO1. The summed E-state index contributed by atoms with van der Waals surface area (Å²) in [5.41, 5.74) is 0. The van der Waals surface area contributed by atoms with Crippen LogP contribution >= 0.6 is 11.8 Å². The molecule has 0 aromatic carbocycles. The molecule has 0 radical (unpaired) electrons. The van der Waals surface area contributed by atoms with Crippen molar-refractivity contribution in [1.29, 1.82) is 0 Å². The van der Waals surface area contributed by atoms with E-state index in [4.69, 9.17) is 9.84 Å². The van der Waals surface area contributed by atoms with Crippen molar-refractivity contribution in [3.63, 3.8) is 0 Å². The van der Waals surface area contributed by atoms with Gasteiger partial charge < -0.3 is 9.84 Å². The first-order valence-corrected chi connectivity index (χ1v) is 6.18. The Kier molecular flexibility index (Phi) is 5.33. The van der Waals surface area contributed by atoms with Crippen LogP contribution in [0.1, 0.15) is 32.6 Å². The quantitative estimate of drug-likeness (QED) is 0.742. The molecule has 2 atom stereocenters. The van der Waals surface area contributed by atoms with Gasteiger partial charge in [0.15, 0.2) is 0 Å². The van der Waals surface area contributed by atoms with Crippen molar-refractivity contribution < 1.29 is 14.6 Å². The lowest BCUT2D eigenvalue weighted by Gasteiger charge is -2.11. The van der Waals surface area contributed by atoms with Crippen molar-refractivity contribution >= 4 is 17.7 Å². The number of carboxylic acids is 1. The van der Waals surface area contributed by atoms with Gasteiger partial charge in [0.1, 0.15) is 0 Å². The summed E-state index contributed by atoms with van der Waals surface area (Å²) in [7, 11) is 0. The van der Waals surface area contributed by atoms with Gasteiger partial charge in [0.25, 0.3) is 0 Å². The molecular formula is C10H18O3S. The molecule has 1 aliphatic heterocycles. The number of thioether (sulfide) groups is 1. The summed E-state index contributed by atoms with van der Waals surface area (Å²) < 4.78 is 5.49. The van der Waals surface area contributed by atoms with Crippen LogP contribution in [0.2, 0.25) is 0 Å². The second-order valence-corrected chi connectivity index (χ2v) is 5.25. The predicted octanol–water partition coefficient (Wildman–Crippen LogP) is 2.15. The number of rotatable bonds is 6. The zero-order chi connectivity index (χ0) is 10.4. The lowest BCUT2D eigenvalue weighted by Crippen LogP contribution is -2.10. The molecule has 0 spiro atoms. The molecule has 4 heteroatoms. The minimum atomic E-state index is -0.706. The first kappa shape index (κ1) is 11.9. The molecule has 1 N–H and O–H groups in total. The van der Waals surface area contributed by atoms with Crippen LogP contribution in [-0.2, 0) is 9.53 Å². The zero-order valence-electron chi connectivity index (χ0n) is 8.57. The third-order valence-corrected chi connectivity index (χ3v) is 3.54. The number of ether oxygens (including phenoxy) is 1. The molecule has 1 rings (SSSR count). The van der Waals surface area contributed by atoms with Crippen molar-refractivity contribution in [1.82, 2.24) is 0 Å². The average molecular weight is 218 g/mol. The summed E-state index contributed by atoms with van der Waals surface area (Å²) >= 11 is 1.73. The van der Waals surface area contributed by atoms with Crippen molar-refractivity contribution in [3.8, 4) is 0 Å². The van der Waals surface area contributed by atoms with Gasteiger partial charge in [-0.25, -0.2) is 0 Å². The third kappa shape index (κ3) is 4.86. The molecule has 2 unspecified atom stereocenters. The molecule has 0 aromatic rings. The topological polar surface area (TPSA) is 46.5 Å². The highest BCUT2D eigenvalue weighted by molar-refractivity contribution is 7.99. The molecule has 0 bridgehead atoms. The van der Waals surface area contributed by atoms with E-state index < -0.39 is 5.97 Å². The van der Waals surface area contributed by atoms with Crippen LogP contribution in [0.5, 0.6) is 0 Å². The second kappa shape index (κ2) is 6.30. The van der Waals surface area contributed by atoms with E-state index in [0.29, 0.717) is 6.10 Å². The van der Waals surface area contributed by atoms with E-state index >= 15 is 0 Å². The first-order chi connectivity index (χ1) is 6.68. The van der Waals surface area contributed by atoms with Gasteiger partial charge in [-0.15, -0.1) is 0 Å². The van der Waals surface area contributed by atoms with E-state index in [0.717, 1.165) is 18.8 Å². The van der Waals surface area contributed by atoms with Gasteiger partial charge in [-0.3, -0.25) is 4.79 Å². The van der Waals surface area contributed by atoms with Gasteiger partial charge in [-0.1, -0.05) is 6.92 Å². The second-order valence-electron chi connectivity index (χ2n) is 3.70. The van der Waals surface area contributed by atoms with Crippen LogP contribution in [0, 0.1) is 0 Å². The summed E-state index contributed by atoms with van der Waals surface area (Å²) in [6.07, 6.45) is 4.11. The maximum absolute atomic E-state index is 10.4. The number of hydrogen-bond acceptors (Lipinski definition) is 3. The maximum atomic E-state index is 10.4. The molecular weight excluding hydrogens is 200 g/mol. The van der Waals surface area contributed by atoms with Crippen molar-refractivity contribution in [2.45, 2.75) is 44.0 Å². The Morgan fingerprint density at radius 1 is 1.71 bits per heavy atom. The number of hydrogen-bond donors (Lipinski definition) is 1. The number of carboxylic acid groups (broad SMARTS) is 1. The normalized spacial score (nSPS) is 23.6. The van der Waals surface area contributed by atoms with E-state index in [1.807, 2.05) is 6.92 Å². The Balaban J connectivity index is 1.99. The third-order valence-electron chi connectivity index (χ3n) is 2.33. The number of aliphatic carboxylic acids is 1. The van der Waals surface area contributed by atoms with E-state index in [2.05, 4.69) is 0 Å². The van der Waals surface area contributed by atoms with Crippen LogP contribution < -0.4 is 0 Å². The molecule has 0 aliphatic carbocycles. The summed E-state index contributed by atoms with van der Waals surface area (Å²) in [6, 6.07) is 0. The minimum Gasteiger partial charge on any atom is -0.481 e. The Bertz CT molecular complexity index is 178. The summed E-state index contributed by atoms with van der Waals surface area (Å²) in [5.74, 6) is 0.307. The lowest BCUT2D eigenvalue weighted by atomic mass is 10.2. The highest BCUT2D eigenvalue weighted by Gasteiger charge is 2.15. The van der Waals surface area contributed by atoms with E-state index in [1.165, 1.54) is 12.8 Å². The smallest absolute Gasteiger partial charge is 0.304 e. The van der Waals surface area contributed by atoms with Gasteiger partial charge >= 0.3 is 5.97 Å². The van der Waals surface area contributed by atoms with Crippen molar-refractivity contribution in [2.24, 2.45) is 0 Å². The average Bonchev–Trinajstić information content (AvgIpc) is 2.55. The van der Waals surface area contributed by atoms with E-state index in [1.54, 1.807) is 11.8 Å². The molecule has 1 aliphatic rings. The van der Waals surface area contributed by atoms with E-state index in [9.17, 15) is 4.79 Å². The highest BCUT2D eigenvalue weighted by atomic mass is 32.2. The van der Waals surface area contributed by atoms with Crippen LogP contribution in [0.25, 0.3) is 0 Å². The largest absolute Gasteiger partial charge is 0.481 e. The molecule has 1 heterocycles. The van der Waals surface area contributed by atoms with Gasteiger partial charge in [-0.2, -0.15) is 11.8 Å². The van der Waals surface area contributed by atoms with Gasteiger partial charge in [0, 0.05) is 11.9 Å².